The molecule has 6 rings (SSSR count). The van der Waals surface area contributed by atoms with Crippen molar-refractivity contribution in [2.75, 3.05) is 78.4 Å². The van der Waals surface area contributed by atoms with Crippen molar-refractivity contribution in [3.63, 3.8) is 0 Å². The lowest BCUT2D eigenvalue weighted by molar-refractivity contribution is -0.139. The van der Waals surface area contributed by atoms with Crippen LogP contribution in [0.1, 0.15) is 70.2 Å². The molecule has 3 aromatic carbocycles. The minimum Gasteiger partial charge on any atom is -0.372 e. The molecule has 3 aliphatic heterocycles. The Hall–Kier alpha value is -3.33. The second-order valence-corrected chi connectivity index (χ2v) is 15.6. The standard InChI is InChI=1S/C15H21F3N2.C14H19F3N2.C13H16F3N/c1-11-4-5-12(14(8-11)15(16,17)18)9-20-7-6-13(10-20)19(2)3;1-11-3-4-12(13(9-11)14(15,16)17)10-19-7-5-18(2)6-8-19;1-10-7-11(13(14,15)16)9-12(8-10)17-5-3-2-4-6-17/h4-5,8,13H,6-7,9-10H2,1-3H3;3-4,9H,5-8,10H2,1-2H3;7-9H,2-6H2,1H3. The average Bonchev–Trinajstić information content (AvgIpc) is 3.59. The number of hydrogen-bond donors (Lipinski definition) is 0. The van der Waals surface area contributed by atoms with Gasteiger partial charge in [0.2, 0.25) is 0 Å². The zero-order valence-electron chi connectivity index (χ0n) is 33.3. The molecule has 1 unspecified atom stereocenters. The van der Waals surface area contributed by atoms with E-state index in [9.17, 15) is 39.5 Å². The molecule has 3 heterocycles. The third-order valence-corrected chi connectivity index (χ3v) is 10.6. The van der Waals surface area contributed by atoms with Gasteiger partial charge < -0.3 is 14.7 Å². The summed E-state index contributed by atoms with van der Waals surface area (Å²) in [6.45, 7) is 12.7. The predicted octanol–water partition coefficient (Wildman–Crippen LogP) is 9.92. The summed E-state index contributed by atoms with van der Waals surface area (Å²) in [5.41, 5.74) is 1.89. The summed E-state index contributed by atoms with van der Waals surface area (Å²) in [6.07, 6.45) is -8.48. The summed E-state index contributed by atoms with van der Waals surface area (Å²) in [6, 6.07) is 13.9. The number of anilines is 1. The van der Waals surface area contributed by atoms with E-state index in [-0.39, 0.29) is 0 Å². The van der Waals surface area contributed by atoms with Gasteiger partial charge in [-0.1, -0.05) is 35.4 Å². The van der Waals surface area contributed by atoms with Crippen molar-refractivity contribution in [1.29, 1.82) is 0 Å². The monoisotopic (exact) mass is 801 g/mol. The van der Waals surface area contributed by atoms with Gasteiger partial charge in [-0.2, -0.15) is 39.5 Å². The van der Waals surface area contributed by atoms with E-state index < -0.39 is 35.2 Å². The Balaban J connectivity index is 0.000000187. The van der Waals surface area contributed by atoms with Gasteiger partial charge in [-0.25, -0.2) is 0 Å². The first kappa shape index (κ1) is 45.4. The number of rotatable bonds is 6. The first-order chi connectivity index (χ1) is 26.1. The second kappa shape index (κ2) is 19.4. The number of likely N-dealkylation sites (tertiary alicyclic amines) is 1. The minimum absolute atomic E-state index is 0.374. The first-order valence-electron chi connectivity index (χ1n) is 19.2. The molecular weight excluding hydrogens is 745 g/mol. The normalized spacial score (nSPS) is 19.1. The van der Waals surface area contributed by atoms with Crippen molar-refractivity contribution in [2.45, 2.75) is 84.1 Å². The fourth-order valence-corrected chi connectivity index (χ4v) is 7.31. The van der Waals surface area contributed by atoms with E-state index >= 15 is 0 Å². The maximum absolute atomic E-state index is 13.1. The zero-order valence-corrected chi connectivity index (χ0v) is 33.3. The van der Waals surface area contributed by atoms with Crippen LogP contribution in [0.2, 0.25) is 0 Å². The summed E-state index contributed by atoms with van der Waals surface area (Å²) in [4.78, 5) is 10.6. The summed E-state index contributed by atoms with van der Waals surface area (Å²) >= 11 is 0. The fraction of sp³-hybridized carbons (Fsp3) is 0.571. The number of likely N-dealkylation sites (N-methyl/N-ethyl adjacent to an activating group) is 2. The Kier molecular flexibility index (Phi) is 15.7. The van der Waals surface area contributed by atoms with E-state index in [1.54, 1.807) is 45.0 Å². The van der Waals surface area contributed by atoms with E-state index in [1.165, 1.54) is 30.7 Å². The number of benzene rings is 3. The Labute approximate surface area is 326 Å². The minimum atomic E-state index is -4.28. The van der Waals surface area contributed by atoms with Gasteiger partial charge in [-0.05, 0) is 115 Å². The number of aryl methyl sites for hydroxylation is 3. The van der Waals surface area contributed by atoms with Crippen LogP contribution < -0.4 is 4.90 Å². The third kappa shape index (κ3) is 13.7. The van der Waals surface area contributed by atoms with Gasteiger partial charge in [0.05, 0.1) is 16.7 Å². The van der Waals surface area contributed by atoms with Crippen LogP contribution in [0.4, 0.5) is 45.2 Å². The number of hydrogen-bond acceptors (Lipinski definition) is 5. The molecule has 56 heavy (non-hydrogen) atoms. The van der Waals surface area contributed by atoms with Crippen LogP contribution in [0.25, 0.3) is 0 Å². The van der Waals surface area contributed by atoms with Crippen molar-refractivity contribution in [3.8, 4) is 0 Å². The number of halogens is 9. The van der Waals surface area contributed by atoms with Gasteiger partial charge >= 0.3 is 18.5 Å². The summed E-state index contributed by atoms with van der Waals surface area (Å²) in [5.74, 6) is 0. The van der Waals surface area contributed by atoms with Crippen molar-refractivity contribution in [3.05, 3.63) is 99.1 Å². The van der Waals surface area contributed by atoms with Crippen molar-refractivity contribution >= 4 is 5.69 Å². The number of piperidine rings is 1. The number of nitrogens with zero attached hydrogens (tertiary/aromatic N) is 5. The molecule has 3 aromatic rings. The molecule has 0 amide bonds. The maximum Gasteiger partial charge on any atom is 0.416 e. The molecule has 312 valence electrons. The van der Waals surface area contributed by atoms with Gasteiger partial charge in [0, 0.05) is 77.2 Å². The topological polar surface area (TPSA) is 16.2 Å². The number of alkyl halides is 9. The SMILES string of the molecule is Cc1cc(N2CCCCC2)cc(C(F)(F)F)c1.Cc1ccc(CN2CCC(N(C)C)C2)c(C(F)(F)F)c1.Cc1ccc(CN2CCN(C)CC2)c(C(F)(F)F)c1. The predicted molar refractivity (Wildman–Crippen MR) is 205 cm³/mol. The zero-order chi connectivity index (χ0) is 41.4. The van der Waals surface area contributed by atoms with Crippen LogP contribution >= 0.6 is 0 Å². The highest BCUT2D eigenvalue weighted by Crippen LogP contribution is 2.36. The molecule has 3 aliphatic rings. The lowest BCUT2D eigenvalue weighted by Crippen LogP contribution is -2.44. The van der Waals surface area contributed by atoms with Crippen LogP contribution in [0, 0.1) is 20.8 Å². The molecule has 5 nitrogen and oxygen atoms in total. The third-order valence-electron chi connectivity index (χ3n) is 10.6. The Morgan fingerprint density at radius 1 is 0.571 bits per heavy atom. The van der Waals surface area contributed by atoms with E-state index in [1.807, 2.05) is 32.1 Å². The van der Waals surface area contributed by atoms with Gasteiger partial charge in [0.15, 0.2) is 0 Å². The van der Waals surface area contributed by atoms with E-state index in [2.05, 4.69) is 19.6 Å². The molecule has 3 saturated heterocycles. The molecular formula is C42H56F9N5. The molecule has 1 atom stereocenters. The van der Waals surface area contributed by atoms with Crippen molar-refractivity contribution < 1.29 is 39.5 Å². The molecule has 0 bridgehead atoms. The van der Waals surface area contributed by atoms with E-state index in [0.717, 1.165) is 71.6 Å². The summed E-state index contributed by atoms with van der Waals surface area (Å²) < 4.78 is 116. The lowest BCUT2D eigenvalue weighted by atomic mass is 10.0. The lowest BCUT2D eigenvalue weighted by Gasteiger charge is -2.32. The van der Waals surface area contributed by atoms with Crippen molar-refractivity contribution in [2.24, 2.45) is 0 Å². The van der Waals surface area contributed by atoms with E-state index in [4.69, 9.17) is 0 Å². The molecule has 14 heteroatoms. The van der Waals surface area contributed by atoms with Gasteiger partial charge in [-0.3, -0.25) is 9.80 Å². The van der Waals surface area contributed by atoms with Crippen LogP contribution in [0.3, 0.4) is 0 Å². The Morgan fingerprint density at radius 3 is 1.55 bits per heavy atom. The second-order valence-electron chi connectivity index (χ2n) is 15.6. The molecule has 3 fully saturated rings. The molecule has 0 aliphatic carbocycles. The summed E-state index contributed by atoms with van der Waals surface area (Å²) in [7, 11) is 6.06. The largest absolute Gasteiger partial charge is 0.416 e. The smallest absolute Gasteiger partial charge is 0.372 e. The molecule has 0 N–H and O–H groups in total. The van der Waals surface area contributed by atoms with Crippen LogP contribution in [0.15, 0.2) is 54.6 Å². The van der Waals surface area contributed by atoms with Gasteiger partial charge in [-0.15, -0.1) is 0 Å². The molecule has 0 aromatic heterocycles. The fourth-order valence-electron chi connectivity index (χ4n) is 7.31. The first-order valence-corrected chi connectivity index (χ1v) is 19.2. The van der Waals surface area contributed by atoms with Crippen molar-refractivity contribution in [1.82, 2.24) is 19.6 Å². The number of piperazine rings is 1. The highest BCUT2D eigenvalue weighted by atomic mass is 19.4. The molecule has 0 saturated carbocycles. The Morgan fingerprint density at radius 2 is 1.09 bits per heavy atom. The molecule has 0 radical (unpaired) electrons. The molecule has 0 spiro atoms. The van der Waals surface area contributed by atoms with E-state index in [0.29, 0.717) is 52.6 Å². The highest BCUT2D eigenvalue weighted by Gasteiger charge is 2.36. The van der Waals surface area contributed by atoms with Gasteiger partial charge in [0.25, 0.3) is 0 Å². The average molecular weight is 802 g/mol. The van der Waals surface area contributed by atoms with Gasteiger partial charge in [0.1, 0.15) is 0 Å². The summed E-state index contributed by atoms with van der Waals surface area (Å²) in [5, 5.41) is 0. The Bertz CT molecular complexity index is 1690. The van der Waals surface area contributed by atoms with Crippen LogP contribution in [0.5, 0.6) is 0 Å². The highest BCUT2D eigenvalue weighted by molar-refractivity contribution is 5.52. The van der Waals surface area contributed by atoms with Crippen LogP contribution in [-0.2, 0) is 31.6 Å². The van der Waals surface area contributed by atoms with Crippen LogP contribution in [-0.4, -0.2) is 99.1 Å². The quantitative estimate of drug-likeness (QED) is 0.230. The maximum atomic E-state index is 13.1.